The van der Waals surface area contributed by atoms with E-state index >= 15 is 0 Å². The van der Waals surface area contributed by atoms with Crippen LogP contribution in [0.5, 0.6) is 0 Å². The molecule has 7 heteroatoms. The second kappa shape index (κ2) is 5.36. The summed E-state index contributed by atoms with van der Waals surface area (Å²) in [5, 5.41) is 6.60. The van der Waals surface area contributed by atoms with E-state index in [4.69, 9.17) is 11.5 Å². The van der Waals surface area contributed by atoms with Gasteiger partial charge in [0, 0.05) is 18.3 Å². The SMILES string of the molecule is Cc1cn(-c2ccc(Cc3[nH]nc(N)c3C(N)=O)cc2)cn1. The Morgan fingerprint density at radius 2 is 2.05 bits per heavy atom. The smallest absolute Gasteiger partial charge is 0.254 e. The second-order valence-corrected chi connectivity index (χ2v) is 5.09. The third-order valence-corrected chi connectivity index (χ3v) is 3.44. The number of H-pyrrole nitrogens is 1. The fraction of sp³-hybridized carbons (Fsp3) is 0.133. The minimum Gasteiger partial charge on any atom is -0.382 e. The zero-order valence-electron chi connectivity index (χ0n) is 12.1. The molecule has 112 valence electrons. The van der Waals surface area contributed by atoms with Crippen LogP contribution in [0, 0.1) is 6.92 Å². The number of carbonyl (C=O) groups excluding carboxylic acids is 1. The van der Waals surface area contributed by atoms with E-state index in [1.807, 2.05) is 42.0 Å². The molecular formula is C15H16N6O. The normalized spacial score (nSPS) is 10.8. The molecule has 1 aromatic carbocycles. The molecule has 0 aliphatic heterocycles. The number of imidazole rings is 1. The Balaban J connectivity index is 1.84. The maximum Gasteiger partial charge on any atom is 0.254 e. The van der Waals surface area contributed by atoms with E-state index in [2.05, 4.69) is 15.2 Å². The van der Waals surface area contributed by atoms with Gasteiger partial charge in [0.15, 0.2) is 5.82 Å². The predicted octanol–water partition coefficient (Wildman–Crippen LogP) is 1.18. The third-order valence-electron chi connectivity index (χ3n) is 3.44. The van der Waals surface area contributed by atoms with Crippen molar-refractivity contribution in [1.82, 2.24) is 19.7 Å². The topological polar surface area (TPSA) is 116 Å². The predicted molar refractivity (Wildman–Crippen MR) is 82.6 cm³/mol. The molecular weight excluding hydrogens is 280 g/mol. The Kier molecular flexibility index (Phi) is 3.38. The van der Waals surface area contributed by atoms with Gasteiger partial charge in [-0.25, -0.2) is 4.98 Å². The summed E-state index contributed by atoms with van der Waals surface area (Å²) < 4.78 is 1.95. The van der Waals surface area contributed by atoms with Gasteiger partial charge in [-0.1, -0.05) is 12.1 Å². The van der Waals surface area contributed by atoms with Crippen molar-refractivity contribution in [3.8, 4) is 5.69 Å². The monoisotopic (exact) mass is 296 g/mol. The van der Waals surface area contributed by atoms with Crippen LogP contribution in [-0.4, -0.2) is 25.7 Å². The number of nitrogens with two attached hydrogens (primary N) is 2. The van der Waals surface area contributed by atoms with Crippen LogP contribution in [-0.2, 0) is 6.42 Å². The summed E-state index contributed by atoms with van der Waals surface area (Å²) in [7, 11) is 0. The van der Waals surface area contributed by atoms with Crippen molar-refractivity contribution < 1.29 is 4.79 Å². The molecule has 0 fully saturated rings. The van der Waals surface area contributed by atoms with Gasteiger partial charge in [-0.15, -0.1) is 0 Å². The molecule has 0 saturated heterocycles. The molecule has 2 aromatic heterocycles. The number of nitrogen functional groups attached to an aromatic ring is 1. The first-order valence-corrected chi connectivity index (χ1v) is 6.77. The summed E-state index contributed by atoms with van der Waals surface area (Å²) in [4.78, 5) is 15.6. The maximum atomic E-state index is 11.4. The van der Waals surface area contributed by atoms with Crippen LogP contribution < -0.4 is 11.5 Å². The van der Waals surface area contributed by atoms with Crippen LogP contribution in [0.4, 0.5) is 5.82 Å². The molecule has 5 N–H and O–H groups in total. The number of hydrogen-bond acceptors (Lipinski definition) is 4. The van der Waals surface area contributed by atoms with Crippen molar-refractivity contribution >= 4 is 11.7 Å². The van der Waals surface area contributed by atoms with Crippen molar-refractivity contribution in [3.05, 3.63) is 59.3 Å². The minimum atomic E-state index is -0.577. The molecule has 3 aromatic rings. The zero-order valence-corrected chi connectivity index (χ0v) is 12.1. The highest BCUT2D eigenvalue weighted by Crippen LogP contribution is 2.18. The van der Waals surface area contributed by atoms with Crippen LogP contribution in [0.2, 0.25) is 0 Å². The van der Waals surface area contributed by atoms with Crippen LogP contribution in [0.15, 0.2) is 36.8 Å². The van der Waals surface area contributed by atoms with Crippen LogP contribution in [0.3, 0.4) is 0 Å². The average molecular weight is 296 g/mol. The number of aromatic nitrogens is 4. The Bertz CT molecular complexity index is 815. The molecule has 22 heavy (non-hydrogen) atoms. The van der Waals surface area contributed by atoms with E-state index in [0.29, 0.717) is 12.1 Å². The fourth-order valence-electron chi connectivity index (χ4n) is 2.35. The van der Waals surface area contributed by atoms with Crippen molar-refractivity contribution in [2.75, 3.05) is 5.73 Å². The second-order valence-electron chi connectivity index (χ2n) is 5.09. The van der Waals surface area contributed by atoms with E-state index in [1.54, 1.807) is 6.33 Å². The standard InChI is InChI=1S/C15H16N6O/c1-9-7-21(8-18-9)11-4-2-10(3-5-11)6-12-13(15(17)22)14(16)20-19-12/h2-5,7-8H,6H2,1H3,(H2,17,22)(H3,16,19,20). The number of aromatic amines is 1. The summed E-state index contributed by atoms with van der Waals surface area (Å²) in [6, 6.07) is 7.93. The lowest BCUT2D eigenvalue weighted by Gasteiger charge is -2.05. The molecule has 0 bridgehead atoms. The molecule has 0 aliphatic carbocycles. The van der Waals surface area contributed by atoms with Gasteiger partial charge in [-0.3, -0.25) is 9.89 Å². The van der Waals surface area contributed by atoms with Crippen LogP contribution >= 0.6 is 0 Å². The lowest BCUT2D eigenvalue weighted by molar-refractivity contribution is 0.100. The minimum absolute atomic E-state index is 0.132. The largest absolute Gasteiger partial charge is 0.382 e. The van der Waals surface area contributed by atoms with E-state index < -0.39 is 5.91 Å². The van der Waals surface area contributed by atoms with Crippen molar-refractivity contribution in [3.63, 3.8) is 0 Å². The number of anilines is 1. The highest BCUT2D eigenvalue weighted by atomic mass is 16.1. The highest BCUT2D eigenvalue weighted by Gasteiger charge is 2.16. The molecule has 3 rings (SSSR count). The summed E-state index contributed by atoms with van der Waals surface area (Å²) in [5.74, 6) is -0.445. The third kappa shape index (κ3) is 2.56. The van der Waals surface area contributed by atoms with Crippen molar-refractivity contribution in [2.45, 2.75) is 13.3 Å². The van der Waals surface area contributed by atoms with E-state index in [9.17, 15) is 4.79 Å². The summed E-state index contributed by atoms with van der Waals surface area (Å²) in [6.07, 6.45) is 4.23. The van der Waals surface area contributed by atoms with Gasteiger partial charge in [0.05, 0.1) is 17.7 Å². The van der Waals surface area contributed by atoms with E-state index in [1.165, 1.54) is 0 Å². The number of primary amides is 1. The summed E-state index contributed by atoms with van der Waals surface area (Å²) in [6.45, 7) is 1.94. The first-order chi connectivity index (χ1) is 10.5. The lowest BCUT2D eigenvalue weighted by atomic mass is 10.1. The molecule has 0 atom stereocenters. The van der Waals surface area contributed by atoms with Gasteiger partial charge in [-0.05, 0) is 24.6 Å². The van der Waals surface area contributed by atoms with Crippen molar-refractivity contribution in [2.24, 2.45) is 5.73 Å². The van der Waals surface area contributed by atoms with Gasteiger partial charge in [-0.2, -0.15) is 5.10 Å². The Morgan fingerprint density at radius 1 is 1.32 bits per heavy atom. The first kappa shape index (κ1) is 13.9. The number of benzene rings is 1. The van der Waals surface area contributed by atoms with Gasteiger partial charge in [0.2, 0.25) is 0 Å². The Hall–Kier alpha value is -3.09. The average Bonchev–Trinajstić information content (AvgIpc) is 3.06. The van der Waals surface area contributed by atoms with Crippen molar-refractivity contribution in [1.29, 1.82) is 0 Å². The first-order valence-electron chi connectivity index (χ1n) is 6.77. The van der Waals surface area contributed by atoms with Gasteiger partial charge in [0.25, 0.3) is 5.91 Å². The van der Waals surface area contributed by atoms with Crippen LogP contribution in [0.1, 0.15) is 27.3 Å². The quantitative estimate of drug-likeness (QED) is 0.670. The van der Waals surface area contributed by atoms with Gasteiger partial charge >= 0.3 is 0 Å². The number of nitrogens with one attached hydrogen (secondary N) is 1. The van der Waals surface area contributed by atoms with Crippen LogP contribution in [0.25, 0.3) is 5.69 Å². The zero-order chi connectivity index (χ0) is 15.7. The molecule has 7 nitrogen and oxygen atoms in total. The Labute approximate surface area is 127 Å². The molecule has 0 radical (unpaired) electrons. The van der Waals surface area contributed by atoms with E-state index in [-0.39, 0.29) is 11.4 Å². The highest BCUT2D eigenvalue weighted by molar-refractivity contribution is 5.98. The molecule has 1 amide bonds. The lowest BCUT2D eigenvalue weighted by Crippen LogP contribution is -2.14. The molecule has 0 spiro atoms. The molecule has 0 unspecified atom stereocenters. The number of aryl methyl sites for hydroxylation is 1. The summed E-state index contributed by atoms with van der Waals surface area (Å²) >= 11 is 0. The fourth-order valence-corrected chi connectivity index (χ4v) is 2.35. The Morgan fingerprint density at radius 3 is 2.64 bits per heavy atom. The van der Waals surface area contributed by atoms with E-state index in [0.717, 1.165) is 16.9 Å². The summed E-state index contributed by atoms with van der Waals surface area (Å²) in [5.41, 5.74) is 14.9. The molecule has 0 saturated carbocycles. The van der Waals surface area contributed by atoms with Gasteiger partial charge in [0.1, 0.15) is 5.56 Å². The molecule has 2 heterocycles. The van der Waals surface area contributed by atoms with Gasteiger partial charge < -0.3 is 16.0 Å². The number of rotatable bonds is 4. The number of nitrogens with zero attached hydrogens (tertiary/aromatic N) is 3. The number of carbonyl (C=O) groups is 1. The number of amides is 1. The number of hydrogen-bond donors (Lipinski definition) is 3. The maximum absolute atomic E-state index is 11.4. The molecule has 0 aliphatic rings.